The van der Waals surface area contributed by atoms with Crippen LogP contribution in [0, 0.1) is 5.92 Å². The van der Waals surface area contributed by atoms with Crippen molar-refractivity contribution in [1.29, 1.82) is 0 Å². The van der Waals surface area contributed by atoms with E-state index in [-0.39, 0.29) is 5.69 Å². The van der Waals surface area contributed by atoms with Crippen molar-refractivity contribution in [3.63, 3.8) is 0 Å². The number of aromatic amines is 1. The molecule has 2 atom stereocenters. The highest BCUT2D eigenvalue weighted by atomic mass is 16.1. The molecule has 21 heavy (non-hydrogen) atoms. The Labute approximate surface area is 124 Å². The fourth-order valence-electron chi connectivity index (χ4n) is 3.46. The van der Waals surface area contributed by atoms with Crippen molar-refractivity contribution in [2.45, 2.75) is 32.4 Å². The van der Waals surface area contributed by atoms with E-state index in [0.717, 1.165) is 43.6 Å². The van der Waals surface area contributed by atoms with E-state index < -0.39 is 0 Å². The summed E-state index contributed by atoms with van der Waals surface area (Å²) in [5, 5.41) is 0. The van der Waals surface area contributed by atoms with Crippen LogP contribution in [0.3, 0.4) is 0 Å². The van der Waals surface area contributed by atoms with E-state index in [1.54, 1.807) is 0 Å². The molecule has 1 aliphatic heterocycles. The summed E-state index contributed by atoms with van der Waals surface area (Å²) < 4.78 is 1.84. The second kappa shape index (κ2) is 6.03. The molecule has 0 spiro atoms. The van der Waals surface area contributed by atoms with Gasteiger partial charge in [-0.1, -0.05) is 12.1 Å². The lowest BCUT2D eigenvalue weighted by Crippen LogP contribution is -2.30. The van der Waals surface area contributed by atoms with Crippen molar-refractivity contribution in [1.82, 2.24) is 14.5 Å². The summed E-state index contributed by atoms with van der Waals surface area (Å²) in [4.78, 5) is 17.4. The maximum atomic E-state index is 12.0. The first-order chi connectivity index (χ1) is 10.2. The molecule has 1 saturated heterocycles. The van der Waals surface area contributed by atoms with Crippen LogP contribution < -0.4 is 11.4 Å². The van der Waals surface area contributed by atoms with Gasteiger partial charge in [0.2, 0.25) is 0 Å². The van der Waals surface area contributed by atoms with Gasteiger partial charge in [-0.25, -0.2) is 4.79 Å². The number of nitrogens with one attached hydrogen (secondary N) is 1. The molecule has 1 aliphatic rings. The lowest BCUT2D eigenvalue weighted by atomic mass is 10.1. The van der Waals surface area contributed by atoms with Crippen LogP contribution in [0.5, 0.6) is 0 Å². The molecule has 5 nitrogen and oxygen atoms in total. The number of aryl methyl sites for hydroxylation is 1. The highest BCUT2D eigenvalue weighted by Gasteiger charge is 2.27. The number of nitrogens with two attached hydrogens (primary N) is 1. The Kier molecular flexibility index (Phi) is 4.12. The normalized spacial score (nSPS) is 23.1. The van der Waals surface area contributed by atoms with E-state index >= 15 is 0 Å². The van der Waals surface area contributed by atoms with Crippen LogP contribution in [0.2, 0.25) is 0 Å². The first-order valence-electron chi connectivity index (χ1n) is 7.80. The molecular weight excluding hydrogens is 264 g/mol. The van der Waals surface area contributed by atoms with Gasteiger partial charge in [0.15, 0.2) is 0 Å². The topological polar surface area (TPSA) is 67.0 Å². The molecule has 3 rings (SSSR count). The lowest BCUT2D eigenvalue weighted by Gasteiger charge is -2.20. The predicted octanol–water partition coefficient (Wildman–Crippen LogP) is 1.39. The minimum atomic E-state index is -0.00879. The second-order valence-electron chi connectivity index (χ2n) is 6.13. The maximum Gasteiger partial charge on any atom is 0.326 e. The van der Waals surface area contributed by atoms with E-state index in [1.807, 2.05) is 28.8 Å². The Hall–Kier alpha value is -1.59. The first-order valence-corrected chi connectivity index (χ1v) is 7.80. The molecule has 1 fully saturated rings. The van der Waals surface area contributed by atoms with Gasteiger partial charge in [0.25, 0.3) is 0 Å². The minimum absolute atomic E-state index is 0.00879. The first kappa shape index (κ1) is 14.4. The van der Waals surface area contributed by atoms with E-state index in [1.165, 1.54) is 6.42 Å². The van der Waals surface area contributed by atoms with Crippen LogP contribution in [-0.4, -0.2) is 40.1 Å². The molecule has 0 aliphatic carbocycles. The van der Waals surface area contributed by atoms with Gasteiger partial charge in [-0.05, 0) is 44.4 Å². The van der Waals surface area contributed by atoms with Crippen molar-refractivity contribution in [3.8, 4) is 0 Å². The molecular formula is C16H24N4O. The van der Waals surface area contributed by atoms with Crippen LogP contribution >= 0.6 is 0 Å². The van der Waals surface area contributed by atoms with Crippen molar-refractivity contribution in [2.24, 2.45) is 11.7 Å². The number of imidazole rings is 1. The Morgan fingerprint density at radius 3 is 2.90 bits per heavy atom. The zero-order valence-corrected chi connectivity index (χ0v) is 12.6. The third kappa shape index (κ3) is 2.89. The van der Waals surface area contributed by atoms with Gasteiger partial charge in [-0.3, -0.25) is 4.57 Å². The summed E-state index contributed by atoms with van der Waals surface area (Å²) in [6.45, 7) is 5.94. The zero-order chi connectivity index (χ0) is 14.8. The molecule has 0 bridgehead atoms. The standard InChI is InChI=1S/C16H24N4O/c1-12-9-13(10-17)11-19(12)7-4-8-20-15-6-3-2-5-14(15)18-16(20)21/h2-3,5-6,12-13H,4,7-11,17H2,1H3,(H,18,21). The van der Waals surface area contributed by atoms with Crippen LogP contribution in [-0.2, 0) is 6.54 Å². The summed E-state index contributed by atoms with van der Waals surface area (Å²) in [5.74, 6) is 0.635. The molecule has 114 valence electrons. The predicted molar refractivity (Wildman–Crippen MR) is 85.4 cm³/mol. The molecule has 2 heterocycles. The van der Waals surface area contributed by atoms with E-state index in [2.05, 4.69) is 16.8 Å². The third-order valence-corrected chi connectivity index (χ3v) is 4.63. The van der Waals surface area contributed by atoms with Crippen molar-refractivity contribution in [3.05, 3.63) is 34.7 Å². The number of benzene rings is 1. The van der Waals surface area contributed by atoms with E-state index in [0.29, 0.717) is 12.0 Å². The van der Waals surface area contributed by atoms with E-state index in [9.17, 15) is 4.79 Å². The van der Waals surface area contributed by atoms with Gasteiger partial charge in [0.1, 0.15) is 0 Å². The number of hydrogen-bond acceptors (Lipinski definition) is 3. The number of para-hydroxylation sites is 2. The van der Waals surface area contributed by atoms with Gasteiger partial charge < -0.3 is 15.6 Å². The molecule has 0 amide bonds. The smallest absolute Gasteiger partial charge is 0.326 e. The maximum absolute atomic E-state index is 12.0. The second-order valence-corrected chi connectivity index (χ2v) is 6.13. The molecule has 1 aromatic carbocycles. The number of aromatic nitrogens is 2. The van der Waals surface area contributed by atoms with E-state index in [4.69, 9.17) is 5.73 Å². The monoisotopic (exact) mass is 288 g/mol. The molecule has 0 saturated carbocycles. The van der Waals surface area contributed by atoms with Crippen LogP contribution in [0.15, 0.2) is 29.1 Å². The van der Waals surface area contributed by atoms with Crippen LogP contribution in [0.1, 0.15) is 19.8 Å². The van der Waals surface area contributed by atoms with Gasteiger partial charge in [0, 0.05) is 25.7 Å². The van der Waals surface area contributed by atoms with Gasteiger partial charge >= 0.3 is 5.69 Å². The average molecular weight is 288 g/mol. The third-order valence-electron chi connectivity index (χ3n) is 4.63. The summed E-state index contributed by atoms with van der Waals surface area (Å²) >= 11 is 0. The molecule has 0 radical (unpaired) electrons. The average Bonchev–Trinajstić information content (AvgIpc) is 3.00. The number of rotatable bonds is 5. The Morgan fingerprint density at radius 2 is 2.14 bits per heavy atom. The van der Waals surface area contributed by atoms with Gasteiger partial charge in [-0.15, -0.1) is 0 Å². The Morgan fingerprint density at radius 1 is 1.33 bits per heavy atom. The summed E-state index contributed by atoms with van der Waals surface area (Å²) in [6.07, 6.45) is 2.19. The van der Waals surface area contributed by atoms with Crippen LogP contribution in [0.25, 0.3) is 11.0 Å². The van der Waals surface area contributed by atoms with Crippen molar-refractivity contribution < 1.29 is 0 Å². The lowest BCUT2D eigenvalue weighted by molar-refractivity contribution is 0.256. The van der Waals surface area contributed by atoms with Crippen LogP contribution in [0.4, 0.5) is 0 Å². The summed E-state index contributed by atoms with van der Waals surface area (Å²) in [6, 6.07) is 8.47. The Bertz CT molecular complexity index is 660. The van der Waals surface area contributed by atoms with Gasteiger partial charge in [-0.2, -0.15) is 0 Å². The SMILES string of the molecule is CC1CC(CN)CN1CCCn1c(=O)[nH]c2ccccc21. The summed E-state index contributed by atoms with van der Waals surface area (Å²) in [7, 11) is 0. The molecule has 3 N–H and O–H groups in total. The number of nitrogens with zero attached hydrogens (tertiary/aromatic N) is 2. The molecule has 2 aromatic rings. The molecule has 5 heteroatoms. The minimum Gasteiger partial charge on any atom is -0.330 e. The zero-order valence-electron chi connectivity index (χ0n) is 12.6. The highest BCUT2D eigenvalue weighted by molar-refractivity contribution is 5.74. The molecule has 2 unspecified atom stereocenters. The van der Waals surface area contributed by atoms with Crippen molar-refractivity contribution in [2.75, 3.05) is 19.6 Å². The number of hydrogen-bond donors (Lipinski definition) is 2. The fraction of sp³-hybridized carbons (Fsp3) is 0.562. The van der Waals surface area contributed by atoms with Crippen molar-refractivity contribution >= 4 is 11.0 Å². The quantitative estimate of drug-likeness (QED) is 0.873. The largest absolute Gasteiger partial charge is 0.330 e. The highest BCUT2D eigenvalue weighted by Crippen LogP contribution is 2.22. The Balaban J connectivity index is 1.62. The number of fused-ring (bicyclic) bond motifs is 1. The fourth-order valence-corrected chi connectivity index (χ4v) is 3.46. The number of H-pyrrole nitrogens is 1. The summed E-state index contributed by atoms with van der Waals surface area (Å²) in [5.41, 5.74) is 7.68. The molecule has 1 aromatic heterocycles. The number of likely N-dealkylation sites (tertiary alicyclic amines) is 1. The van der Waals surface area contributed by atoms with Gasteiger partial charge in [0.05, 0.1) is 11.0 Å².